The van der Waals surface area contributed by atoms with E-state index < -0.39 is 0 Å². The maximum Gasteiger partial charge on any atom is 0.409 e. The molecule has 3 N–H and O–H groups in total. The minimum Gasteiger partial charge on any atom is -0.453 e. The van der Waals surface area contributed by atoms with Crippen LogP contribution in [0.3, 0.4) is 0 Å². The first-order valence-electron chi connectivity index (χ1n) is 8.15. The maximum absolute atomic E-state index is 11.2. The lowest BCUT2D eigenvalue weighted by Crippen LogP contribution is -2.42. The molecule has 1 fully saturated rings. The van der Waals surface area contributed by atoms with E-state index in [1.807, 2.05) is 19.3 Å². The fourth-order valence-electron chi connectivity index (χ4n) is 2.69. The Labute approximate surface area is 146 Å². The average molecular weight is 348 g/mol. The third-order valence-electron chi connectivity index (χ3n) is 3.96. The smallest absolute Gasteiger partial charge is 0.409 e. The van der Waals surface area contributed by atoms with Gasteiger partial charge in [-0.25, -0.2) is 14.8 Å². The number of nitrogens with zero attached hydrogens (tertiary/aromatic N) is 3. The van der Waals surface area contributed by atoms with Crippen LogP contribution in [0.2, 0.25) is 0 Å². The number of carbonyl (C=O) groups is 2. The number of hydrogen-bond acceptors (Lipinski definition) is 6. The van der Waals surface area contributed by atoms with Gasteiger partial charge in [-0.05, 0) is 24.8 Å². The predicted octanol–water partition coefficient (Wildman–Crippen LogP) is 1.21. The summed E-state index contributed by atoms with van der Waals surface area (Å²) in [6.07, 6.45) is 5.95. The molecule has 1 atom stereocenters. The summed E-state index contributed by atoms with van der Waals surface area (Å²) in [5, 5.41) is 5.56. The molecule has 136 valence electrons. The molecule has 1 aliphatic rings. The molecule has 3 rings (SSSR count). The molecule has 1 saturated heterocycles. The lowest BCUT2D eigenvalue weighted by molar-refractivity contribution is -0.109. The van der Waals surface area contributed by atoms with Crippen LogP contribution in [0.5, 0.6) is 0 Å². The second-order valence-electron chi connectivity index (χ2n) is 5.67. The highest BCUT2D eigenvalue weighted by molar-refractivity contribution is 5.71. The molecule has 0 bridgehead atoms. The summed E-state index contributed by atoms with van der Waals surface area (Å²) in [7, 11) is 3.21. The lowest BCUT2D eigenvalue weighted by Gasteiger charge is -2.31. The first kappa shape index (κ1) is 18.5. The molecule has 0 saturated carbocycles. The molecule has 25 heavy (non-hydrogen) atoms. The number of amides is 2. The van der Waals surface area contributed by atoms with Crippen molar-refractivity contribution in [3.05, 3.63) is 18.5 Å². The standard InChI is InChI=1S/C9H16N2O3.C7H8N4/c1-14-9(13)11-4-2-3-8(6-11)5-10-7-12;1-8-6-4-10-7-5(11-6)2-3-9-7/h7-8H,2-6H2,1H3,(H,10,12);2-4H,1H3,(H,8,11)(H,9,10). The summed E-state index contributed by atoms with van der Waals surface area (Å²) < 4.78 is 4.64. The molecule has 2 aromatic heterocycles. The highest BCUT2D eigenvalue weighted by atomic mass is 16.5. The summed E-state index contributed by atoms with van der Waals surface area (Å²) in [6, 6.07) is 1.89. The first-order chi connectivity index (χ1) is 12.2. The number of fused-ring (bicyclic) bond motifs is 1. The molecule has 9 heteroatoms. The fourth-order valence-corrected chi connectivity index (χ4v) is 2.69. The highest BCUT2D eigenvalue weighted by Crippen LogP contribution is 2.16. The van der Waals surface area contributed by atoms with Gasteiger partial charge in [-0.2, -0.15) is 0 Å². The topological polar surface area (TPSA) is 112 Å². The van der Waals surface area contributed by atoms with Crippen molar-refractivity contribution in [2.45, 2.75) is 12.8 Å². The Morgan fingerprint density at radius 1 is 1.56 bits per heavy atom. The van der Waals surface area contributed by atoms with E-state index in [0.29, 0.717) is 25.4 Å². The van der Waals surface area contributed by atoms with Crippen LogP contribution >= 0.6 is 0 Å². The molecule has 0 aromatic carbocycles. The van der Waals surface area contributed by atoms with Gasteiger partial charge in [-0.1, -0.05) is 0 Å². The van der Waals surface area contributed by atoms with Crippen LogP contribution in [0, 0.1) is 5.92 Å². The van der Waals surface area contributed by atoms with Gasteiger partial charge in [-0.15, -0.1) is 0 Å². The zero-order chi connectivity index (χ0) is 18.1. The minimum absolute atomic E-state index is 0.277. The van der Waals surface area contributed by atoms with Crippen LogP contribution in [-0.2, 0) is 9.53 Å². The molecular weight excluding hydrogens is 324 g/mol. The van der Waals surface area contributed by atoms with Crippen molar-refractivity contribution in [1.29, 1.82) is 0 Å². The first-order valence-corrected chi connectivity index (χ1v) is 8.15. The molecular formula is C16H24N6O3. The van der Waals surface area contributed by atoms with Crippen molar-refractivity contribution < 1.29 is 14.3 Å². The van der Waals surface area contributed by atoms with Gasteiger partial charge in [-0.3, -0.25) is 4.79 Å². The Morgan fingerprint density at radius 3 is 3.12 bits per heavy atom. The third-order valence-corrected chi connectivity index (χ3v) is 3.96. The number of methoxy groups -OCH3 is 1. The normalized spacial score (nSPS) is 16.6. The van der Waals surface area contributed by atoms with Crippen molar-refractivity contribution >= 4 is 29.5 Å². The summed E-state index contributed by atoms with van der Waals surface area (Å²) in [4.78, 5) is 34.3. The number of piperidine rings is 1. The number of carbonyl (C=O) groups excluding carboxylic acids is 2. The predicted molar refractivity (Wildman–Crippen MR) is 94.2 cm³/mol. The number of ether oxygens (including phenoxy) is 1. The van der Waals surface area contributed by atoms with Gasteiger partial charge in [0.1, 0.15) is 11.3 Å². The monoisotopic (exact) mass is 348 g/mol. The van der Waals surface area contributed by atoms with E-state index in [-0.39, 0.29) is 6.09 Å². The highest BCUT2D eigenvalue weighted by Gasteiger charge is 2.23. The second-order valence-corrected chi connectivity index (χ2v) is 5.67. The van der Waals surface area contributed by atoms with Crippen LogP contribution in [0.4, 0.5) is 10.6 Å². The molecule has 1 aliphatic heterocycles. The average Bonchev–Trinajstić information content (AvgIpc) is 3.14. The van der Waals surface area contributed by atoms with Crippen molar-refractivity contribution in [2.75, 3.05) is 39.1 Å². The number of hydrogen-bond donors (Lipinski definition) is 3. The zero-order valence-electron chi connectivity index (χ0n) is 14.5. The van der Waals surface area contributed by atoms with E-state index in [0.717, 1.165) is 36.4 Å². The Hall–Kier alpha value is -2.84. The van der Waals surface area contributed by atoms with E-state index in [2.05, 4.69) is 30.3 Å². The van der Waals surface area contributed by atoms with E-state index >= 15 is 0 Å². The SMILES string of the molecule is CNc1cnc2[nH]ccc2n1.COC(=O)N1CCCC(CNC=O)C1. The van der Waals surface area contributed by atoms with E-state index in [1.54, 1.807) is 11.1 Å². The Bertz CT molecular complexity index is 689. The molecule has 0 spiro atoms. The van der Waals surface area contributed by atoms with Gasteiger partial charge in [0.05, 0.1) is 13.3 Å². The van der Waals surface area contributed by atoms with Crippen LogP contribution in [-0.4, -0.2) is 66.1 Å². The van der Waals surface area contributed by atoms with E-state index in [9.17, 15) is 9.59 Å². The number of H-pyrrole nitrogens is 1. The van der Waals surface area contributed by atoms with Crippen LogP contribution in [0.1, 0.15) is 12.8 Å². The molecule has 2 amide bonds. The van der Waals surface area contributed by atoms with Crippen LogP contribution in [0.25, 0.3) is 11.2 Å². The summed E-state index contributed by atoms with van der Waals surface area (Å²) in [5.74, 6) is 1.14. The van der Waals surface area contributed by atoms with Crippen molar-refractivity contribution in [3.63, 3.8) is 0 Å². The number of aromatic amines is 1. The second kappa shape index (κ2) is 9.45. The minimum atomic E-state index is -0.277. The van der Waals surface area contributed by atoms with Crippen LogP contribution in [0.15, 0.2) is 18.5 Å². The summed E-state index contributed by atoms with van der Waals surface area (Å²) >= 11 is 0. The number of anilines is 1. The maximum atomic E-state index is 11.2. The van der Waals surface area contributed by atoms with E-state index in [4.69, 9.17) is 0 Å². The molecule has 2 aromatic rings. The number of rotatable bonds is 4. The Morgan fingerprint density at radius 2 is 2.40 bits per heavy atom. The van der Waals surface area contributed by atoms with E-state index in [1.165, 1.54) is 7.11 Å². The Balaban J connectivity index is 0.000000185. The van der Waals surface area contributed by atoms with Gasteiger partial charge in [0.25, 0.3) is 0 Å². The number of likely N-dealkylation sites (tertiary alicyclic amines) is 1. The van der Waals surface area contributed by atoms with Gasteiger partial charge in [0, 0.05) is 32.9 Å². The molecule has 3 heterocycles. The van der Waals surface area contributed by atoms with Gasteiger partial charge in [0.2, 0.25) is 6.41 Å². The number of nitrogens with one attached hydrogen (secondary N) is 3. The largest absolute Gasteiger partial charge is 0.453 e. The fraction of sp³-hybridized carbons (Fsp3) is 0.500. The molecule has 1 unspecified atom stereocenters. The van der Waals surface area contributed by atoms with Crippen LogP contribution < -0.4 is 10.6 Å². The Kier molecular flexibility index (Phi) is 7.00. The van der Waals surface area contributed by atoms with Crippen molar-refractivity contribution in [2.24, 2.45) is 5.92 Å². The molecule has 9 nitrogen and oxygen atoms in total. The number of aromatic nitrogens is 3. The summed E-state index contributed by atoms with van der Waals surface area (Å²) in [5.41, 5.74) is 1.71. The zero-order valence-corrected chi connectivity index (χ0v) is 14.5. The van der Waals surface area contributed by atoms with Gasteiger partial charge >= 0.3 is 6.09 Å². The molecule has 0 radical (unpaired) electrons. The molecule has 0 aliphatic carbocycles. The van der Waals surface area contributed by atoms with Crippen molar-refractivity contribution in [3.8, 4) is 0 Å². The van der Waals surface area contributed by atoms with Gasteiger partial charge in [0.15, 0.2) is 5.65 Å². The third kappa shape index (κ3) is 5.33. The lowest BCUT2D eigenvalue weighted by atomic mass is 9.98. The van der Waals surface area contributed by atoms with Crippen molar-refractivity contribution in [1.82, 2.24) is 25.2 Å². The quantitative estimate of drug-likeness (QED) is 0.716. The van der Waals surface area contributed by atoms with Gasteiger partial charge < -0.3 is 25.3 Å². The summed E-state index contributed by atoms with van der Waals surface area (Å²) in [6.45, 7) is 2.06.